The average molecular weight is 261 g/mol. The molecule has 0 unspecified atom stereocenters. The van der Waals surface area contributed by atoms with Crippen LogP contribution in [0, 0.1) is 6.92 Å². The summed E-state index contributed by atoms with van der Waals surface area (Å²) in [5.41, 5.74) is 5.27. The first-order valence-corrected chi connectivity index (χ1v) is 6.76. The summed E-state index contributed by atoms with van der Waals surface area (Å²) >= 11 is 1.64. The third kappa shape index (κ3) is 3.17. The Morgan fingerprint density at radius 3 is 2.61 bits per heavy atom. The third-order valence-electron chi connectivity index (χ3n) is 2.82. The van der Waals surface area contributed by atoms with Gasteiger partial charge in [0, 0.05) is 6.42 Å². The summed E-state index contributed by atoms with van der Waals surface area (Å²) in [4.78, 5) is 15.9. The van der Waals surface area contributed by atoms with E-state index in [2.05, 4.69) is 29.2 Å². The van der Waals surface area contributed by atoms with Crippen molar-refractivity contribution in [2.24, 2.45) is 0 Å². The molecule has 0 aliphatic rings. The fourth-order valence-electron chi connectivity index (χ4n) is 1.85. The summed E-state index contributed by atoms with van der Waals surface area (Å²) in [6.07, 6.45) is 1.73. The number of benzene rings is 1. The van der Waals surface area contributed by atoms with E-state index in [1.165, 1.54) is 16.0 Å². The first-order valence-electron chi connectivity index (χ1n) is 5.88. The van der Waals surface area contributed by atoms with Gasteiger partial charge in [-0.15, -0.1) is 11.3 Å². The lowest BCUT2D eigenvalue weighted by Crippen LogP contribution is -1.95. The molecule has 18 heavy (non-hydrogen) atoms. The van der Waals surface area contributed by atoms with E-state index in [1.54, 1.807) is 11.3 Å². The van der Waals surface area contributed by atoms with E-state index in [0.29, 0.717) is 6.42 Å². The molecule has 0 atom stereocenters. The van der Waals surface area contributed by atoms with Gasteiger partial charge in [-0.3, -0.25) is 4.79 Å². The van der Waals surface area contributed by atoms with Crippen LogP contribution in [-0.4, -0.2) is 16.1 Å². The fourth-order valence-corrected chi connectivity index (χ4v) is 2.66. The highest BCUT2D eigenvalue weighted by atomic mass is 32.1. The zero-order chi connectivity index (χ0) is 13.0. The molecule has 2 rings (SSSR count). The molecule has 0 aliphatic carbocycles. The Morgan fingerprint density at radius 2 is 2.06 bits per heavy atom. The topological polar surface area (TPSA) is 50.2 Å². The van der Waals surface area contributed by atoms with Crippen LogP contribution in [0.25, 0.3) is 10.4 Å². The Bertz CT molecular complexity index is 531. The molecule has 0 fully saturated rings. The lowest BCUT2D eigenvalue weighted by molar-refractivity contribution is -0.137. The molecule has 1 aromatic heterocycles. The first kappa shape index (κ1) is 12.8. The summed E-state index contributed by atoms with van der Waals surface area (Å²) < 4.78 is 0. The van der Waals surface area contributed by atoms with Gasteiger partial charge in [0.05, 0.1) is 16.1 Å². The Morgan fingerprint density at radius 1 is 1.33 bits per heavy atom. The SMILES string of the molecule is Cc1ncsc1-c1ccc(CCCC(=O)O)cc1. The van der Waals surface area contributed by atoms with E-state index >= 15 is 0 Å². The van der Waals surface area contributed by atoms with Crippen molar-refractivity contribution in [3.8, 4) is 10.4 Å². The van der Waals surface area contributed by atoms with Crippen LogP contribution in [0.5, 0.6) is 0 Å². The van der Waals surface area contributed by atoms with E-state index in [-0.39, 0.29) is 6.42 Å². The van der Waals surface area contributed by atoms with Crippen LogP contribution in [0.2, 0.25) is 0 Å². The number of carboxylic acid groups (broad SMARTS) is 1. The monoisotopic (exact) mass is 261 g/mol. The van der Waals surface area contributed by atoms with Crippen molar-refractivity contribution in [3.05, 3.63) is 41.0 Å². The lowest BCUT2D eigenvalue weighted by atomic mass is 10.1. The second kappa shape index (κ2) is 5.78. The zero-order valence-corrected chi connectivity index (χ0v) is 11.0. The van der Waals surface area contributed by atoms with Crippen molar-refractivity contribution < 1.29 is 9.90 Å². The number of aryl methyl sites for hydroxylation is 2. The van der Waals surface area contributed by atoms with Gasteiger partial charge in [0.25, 0.3) is 0 Å². The Kier molecular flexibility index (Phi) is 4.10. The van der Waals surface area contributed by atoms with Gasteiger partial charge in [-0.05, 0) is 30.9 Å². The molecule has 94 valence electrons. The third-order valence-corrected chi connectivity index (χ3v) is 3.80. The fraction of sp³-hybridized carbons (Fsp3) is 0.286. The zero-order valence-electron chi connectivity index (χ0n) is 10.2. The van der Waals surface area contributed by atoms with E-state index in [1.807, 2.05) is 12.4 Å². The predicted octanol–water partition coefficient (Wildman–Crippen LogP) is 3.53. The second-order valence-corrected chi connectivity index (χ2v) is 5.07. The molecular weight excluding hydrogens is 246 g/mol. The van der Waals surface area contributed by atoms with Gasteiger partial charge in [-0.25, -0.2) is 4.98 Å². The minimum Gasteiger partial charge on any atom is -0.481 e. The van der Waals surface area contributed by atoms with Crippen molar-refractivity contribution in [2.45, 2.75) is 26.2 Å². The maximum Gasteiger partial charge on any atom is 0.303 e. The van der Waals surface area contributed by atoms with Crippen molar-refractivity contribution in [3.63, 3.8) is 0 Å². The van der Waals surface area contributed by atoms with Crippen LogP contribution in [0.1, 0.15) is 24.1 Å². The average Bonchev–Trinajstić information content (AvgIpc) is 2.76. The van der Waals surface area contributed by atoms with Crippen LogP contribution in [-0.2, 0) is 11.2 Å². The number of carboxylic acids is 1. The molecule has 1 N–H and O–H groups in total. The maximum absolute atomic E-state index is 10.4. The summed E-state index contributed by atoms with van der Waals surface area (Å²) in [7, 11) is 0. The van der Waals surface area contributed by atoms with Gasteiger partial charge in [0.2, 0.25) is 0 Å². The number of hydrogen-bond donors (Lipinski definition) is 1. The van der Waals surface area contributed by atoms with Crippen LogP contribution in [0.15, 0.2) is 29.8 Å². The normalized spacial score (nSPS) is 10.5. The molecule has 0 radical (unpaired) electrons. The van der Waals surface area contributed by atoms with E-state index in [9.17, 15) is 4.79 Å². The number of rotatable bonds is 5. The molecule has 0 aliphatic heterocycles. The molecule has 3 nitrogen and oxygen atoms in total. The summed E-state index contributed by atoms with van der Waals surface area (Å²) in [6.45, 7) is 2.01. The van der Waals surface area contributed by atoms with Crippen molar-refractivity contribution >= 4 is 17.3 Å². The molecule has 0 saturated heterocycles. The molecule has 1 aromatic carbocycles. The lowest BCUT2D eigenvalue weighted by Gasteiger charge is -2.02. The number of thiazole rings is 1. The standard InChI is InChI=1S/C14H15NO2S/c1-10-14(18-9-15-10)12-7-5-11(6-8-12)3-2-4-13(16)17/h5-9H,2-4H2,1H3,(H,16,17). The second-order valence-electron chi connectivity index (χ2n) is 4.21. The summed E-state index contributed by atoms with van der Waals surface area (Å²) in [5, 5.41) is 8.59. The molecule has 0 amide bonds. The minimum absolute atomic E-state index is 0.232. The van der Waals surface area contributed by atoms with E-state index < -0.39 is 5.97 Å². The predicted molar refractivity (Wildman–Crippen MR) is 72.9 cm³/mol. The molecular formula is C14H15NO2S. The van der Waals surface area contributed by atoms with Gasteiger partial charge < -0.3 is 5.11 Å². The molecule has 0 bridgehead atoms. The Balaban J connectivity index is 2.02. The van der Waals surface area contributed by atoms with E-state index in [4.69, 9.17) is 5.11 Å². The number of nitrogens with zero attached hydrogens (tertiary/aromatic N) is 1. The highest BCUT2D eigenvalue weighted by Gasteiger charge is 2.04. The maximum atomic E-state index is 10.4. The highest BCUT2D eigenvalue weighted by Crippen LogP contribution is 2.27. The van der Waals surface area contributed by atoms with Gasteiger partial charge >= 0.3 is 5.97 Å². The number of aliphatic carboxylic acids is 1. The Labute approximate surface area is 110 Å². The van der Waals surface area contributed by atoms with Crippen LogP contribution in [0.3, 0.4) is 0 Å². The summed E-state index contributed by atoms with van der Waals surface area (Å²) in [6, 6.07) is 8.29. The van der Waals surface area contributed by atoms with Gasteiger partial charge in [-0.2, -0.15) is 0 Å². The van der Waals surface area contributed by atoms with Crippen molar-refractivity contribution in [1.29, 1.82) is 0 Å². The van der Waals surface area contributed by atoms with Crippen molar-refractivity contribution in [2.75, 3.05) is 0 Å². The molecule has 0 saturated carbocycles. The quantitative estimate of drug-likeness (QED) is 0.895. The van der Waals surface area contributed by atoms with Gasteiger partial charge in [-0.1, -0.05) is 24.3 Å². The van der Waals surface area contributed by atoms with Crippen LogP contribution >= 0.6 is 11.3 Å². The largest absolute Gasteiger partial charge is 0.481 e. The van der Waals surface area contributed by atoms with Gasteiger partial charge in [0.1, 0.15) is 0 Å². The number of carbonyl (C=O) groups is 1. The van der Waals surface area contributed by atoms with E-state index in [0.717, 1.165) is 12.1 Å². The summed E-state index contributed by atoms with van der Waals surface area (Å²) in [5.74, 6) is -0.730. The smallest absolute Gasteiger partial charge is 0.303 e. The van der Waals surface area contributed by atoms with Crippen LogP contribution in [0.4, 0.5) is 0 Å². The van der Waals surface area contributed by atoms with Crippen LogP contribution < -0.4 is 0 Å². The Hall–Kier alpha value is -1.68. The van der Waals surface area contributed by atoms with Gasteiger partial charge in [0.15, 0.2) is 0 Å². The number of aromatic nitrogens is 1. The molecule has 1 heterocycles. The molecule has 0 spiro atoms. The molecule has 2 aromatic rings. The highest BCUT2D eigenvalue weighted by molar-refractivity contribution is 7.13. The number of hydrogen-bond acceptors (Lipinski definition) is 3. The van der Waals surface area contributed by atoms with Crippen molar-refractivity contribution in [1.82, 2.24) is 4.98 Å². The minimum atomic E-state index is -0.730. The molecule has 4 heteroatoms. The first-order chi connectivity index (χ1) is 8.66.